The average Bonchev–Trinajstić information content (AvgIpc) is 3.34. The number of carbonyl (C=O) groups is 1. The van der Waals surface area contributed by atoms with Crippen molar-refractivity contribution in [1.29, 1.82) is 0 Å². The molecule has 2 aliphatic heterocycles. The number of para-hydroxylation sites is 1. The van der Waals surface area contributed by atoms with Gasteiger partial charge < -0.3 is 14.6 Å². The third-order valence-electron chi connectivity index (χ3n) is 8.95. The molecule has 0 atom stereocenters. The molecule has 2 heterocycles. The van der Waals surface area contributed by atoms with Crippen LogP contribution in [0.1, 0.15) is 74.9 Å². The first kappa shape index (κ1) is 40.6. The SMILES string of the molecule is CC1(C)C(=CC=CC=CC=CC2=[N+](CCCCS(=O)(=O)O)c3ccccc3C2(C)C)N(CCCCS(=O)(=O)[O-])c2ccc(C(=O)O)cc21.[Na+]. The van der Waals surface area contributed by atoms with Crippen LogP contribution in [0.5, 0.6) is 0 Å². The van der Waals surface area contributed by atoms with Gasteiger partial charge >= 0.3 is 35.5 Å². The number of aromatic carboxylic acids is 1. The van der Waals surface area contributed by atoms with Gasteiger partial charge in [-0.3, -0.25) is 4.55 Å². The molecule has 0 amide bonds. The van der Waals surface area contributed by atoms with Gasteiger partial charge in [0, 0.05) is 53.2 Å². The van der Waals surface area contributed by atoms with Crippen molar-refractivity contribution in [2.45, 2.75) is 64.2 Å². The van der Waals surface area contributed by atoms with Crippen molar-refractivity contribution in [3.05, 3.63) is 107 Å². The van der Waals surface area contributed by atoms with Crippen LogP contribution in [-0.4, -0.2) is 71.9 Å². The predicted molar refractivity (Wildman–Crippen MR) is 188 cm³/mol. The number of benzene rings is 2. The van der Waals surface area contributed by atoms with E-state index in [2.05, 4.69) is 41.5 Å². The fourth-order valence-corrected chi connectivity index (χ4v) is 7.65. The van der Waals surface area contributed by atoms with Gasteiger partial charge in [0.05, 0.1) is 26.8 Å². The van der Waals surface area contributed by atoms with Crippen molar-refractivity contribution in [2.75, 3.05) is 29.5 Å². The molecule has 0 saturated carbocycles. The van der Waals surface area contributed by atoms with Crippen LogP contribution in [0.15, 0.2) is 90.7 Å². The number of nitrogens with zero attached hydrogens (tertiary/aromatic N) is 2. The molecule has 2 aromatic carbocycles. The molecule has 258 valence electrons. The molecule has 2 N–H and O–H groups in total. The quantitative estimate of drug-likeness (QED) is 0.0929. The van der Waals surface area contributed by atoms with Gasteiger partial charge in [-0.2, -0.15) is 13.0 Å². The number of unbranched alkanes of at least 4 members (excludes halogenated alkanes) is 2. The summed E-state index contributed by atoms with van der Waals surface area (Å²) in [5.41, 5.74) is 5.38. The van der Waals surface area contributed by atoms with Crippen molar-refractivity contribution >= 4 is 43.3 Å². The van der Waals surface area contributed by atoms with E-state index in [9.17, 15) is 31.3 Å². The molecule has 4 rings (SSSR count). The van der Waals surface area contributed by atoms with Gasteiger partial charge in [0.15, 0.2) is 5.71 Å². The first-order valence-corrected chi connectivity index (χ1v) is 19.1. The van der Waals surface area contributed by atoms with Crippen LogP contribution in [0, 0.1) is 0 Å². The van der Waals surface area contributed by atoms with Crippen molar-refractivity contribution < 1.29 is 70.0 Å². The van der Waals surface area contributed by atoms with Crippen LogP contribution in [0.4, 0.5) is 11.4 Å². The zero-order valence-electron chi connectivity index (χ0n) is 28.8. The summed E-state index contributed by atoms with van der Waals surface area (Å²) >= 11 is 0. The van der Waals surface area contributed by atoms with Crippen LogP contribution >= 0.6 is 0 Å². The normalized spacial score (nSPS) is 17.8. The minimum Gasteiger partial charge on any atom is -0.748 e. The Bertz CT molecular complexity index is 1920. The molecule has 0 unspecified atom stereocenters. The van der Waals surface area contributed by atoms with E-state index in [1.807, 2.05) is 62.4 Å². The molecular weight excluding hydrogens is 676 g/mol. The third kappa shape index (κ3) is 10.1. The third-order valence-corrected chi connectivity index (χ3v) is 10.5. The van der Waals surface area contributed by atoms with Crippen molar-refractivity contribution in [3.8, 4) is 0 Å². The second kappa shape index (κ2) is 16.5. The topological polar surface area (TPSA) is 155 Å². The summed E-state index contributed by atoms with van der Waals surface area (Å²) in [4.78, 5) is 13.8. The van der Waals surface area contributed by atoms with E-state index < -0.39 is 37.4 Å². The van der Waals surface area contributed by atoms with E-state index in [-0.39, 0.29) is 52.7 Å². The summed E-state index contributed by atoms with van der Waals surface area (Å²) in [6.07, 6.45) is 15.3. The Morgan fingerprint density at radius 1 is 0.857 bits per heavy atom. The Labute approximate surface area is 312 Å². The monoisotopic (exact) mass is 719 g/mol. The van der Waals surface area contributed by atoms with Crippen LogP contribution in [0.2, 0.25) is 0 Å². The van der Waals surface area contributed by atoms with E-state index in [0.717, 1.165) is 28.3 Å². The molecule has 0 radical (unpaired) electrons. The number of carboxylic acids is 1. The van der Waals surface area contributed by atoms with Gasteiger partial charge in [-0.15, -0.1) is 0 Å². The summed E-state index contributed by atoms with van der Waals surface area (Å²) < 4.78 is 67.1. The van der Waals surface area contributed by atoms with E-state index in [4.69, 9.17) is 4.55 Å². The second-order valence-electron chi connectivity index (χ2n) is 13.1. The minimum absolute atomic E-state index is 0. The summed E-state index contributed by atoms with van der Waals surface area (Å²) in [6, 6.07) is 13.2. The Morgan fingerprint density at radius 2 is 1.51 bits per heavy atom. The maximum atomic E-state index is 11.7. The fourth-order valence-electron chi connectivity index (χ4n) is 6.52. The maximum absolute atomic E-state index is 11.7. The van der Waals surface area contributed by atoms with Crippen LogP contribution in [0.3, 0.4) is 0 Å². The van der Waals surface area contributed by atoms with Crippen molar-refractivity contribution in [1.82, 2.24) is 0 Å². The number of carboxylic acid groups (broad SMARTS) is 1. The summed E-state index contributed by atoms with van der Waals surface area (Å²) in [6.45, 7) is 9.44. The Kier molecular flexibility index (Phi) is 13.6. The molecule has 0 bridgehead atoms. The van der Waals surface area contributed by atoms with Crippen LogP contribution in [-0.2, 0) is 31.1 Å². The van der Waals surface area contributed by atoms with E-state index in [1.54, 1.807) is 18.2 Å². The number of hydrogen-bond donors (Lipinski definition) is 2. The molecular formula is C36H44N2NaO8S2+. The zero-order valence-corrected chi connectivity index (χ0v) is 32.4. The summed E-state index contributed by atoms with van der Waals surface area (Å²) in [7, 11) is -8.30. The van der Waals surface area contributed by atoms with E-state index >= 15 is 0 Å². The largest absolute Gasteiger partial charge is 1.00 e. The average molecular weight is 720 g/mol. The van der Waals surface area contributed by atoms with Gasteiger partial charge in [-0.25, -0.2) is 13.2 Å². The van der Waals surface area contributed by atoms with Gasteiger partial charge in [0.2, 0.25) is 5.69 Å². The number of rotatable bonds is 15. The molecule has 2 aliphatic rings. The molecule has 0 saturated heterocycles. The Hall–Kier alpha value is -2.84. The van der Waals surface area contributed by atoms with Crippen LogP contribution < -0.4 is 34.5 Å². The van der Waals surface area contributed by atoms with E-state index in [0.29, 0.717) is 32.4 Å². The number of fused-ring (bicyclic) bond motifs is 2. The number of allylic oxidation sites excluding steroid dienone is 8. The molecule has 0 aliphatic carbocycles. The maximum Gasteiger partial charge on any atom is 1.00 e. The number of hydrogen-bond acceptors (Lipinski definition) is 7. The zero-order chi connectivity index (χ0) is 35.3. The summed E-state index contributed by atoms with van der Waals surface area (Å²) in [5, 5.41) is 9.57. The predicted octanol–water partition coefficient (Wildman–Crippen LogP) is 3.11. The Morgan fingerprint density at radius 3 is 2.18 bits per heavy atom. The standard InChI is InChI=1S/C36H44N2O8S2.Na/c1-35(2)28-16-10-11-17-30(28)37(22-12-14-24-47(41,42)43)32(35)18-8-6-5-7-9-19-33-36(3,4)29-26-27(34(39)40)20-21-31(29)38(33)23-13-15-25-48(44,45)46;/h5-11,16-21,26H,12-15,22-25H2,1-4H3,(H2-,39,40,41,42,43,44,45,46);/q;+1. The second-order valence-corrected chi connectivity index (χ2v) is 16.2. The van der Waals surface area contributed by atoms with Crippen molar-refractivity contribution in [2.24, 2.45) is 0 Å². The summed E-state index contributed by atoms with van der Waals surface area (Å²) in [5.74, 6) is -1.71. The van der Waals surface area contributed by atoms with Gasteiger partial charge in [-0.1, -0.05) is 62.4 Å². The van der Waals surface area contributed by atoms with Gasteiger partial charge in [0.1, 0.15) is 6.54 Å². The first-order valence-electron chi connectivity index (χ1n) is 15.9. The van der Waals surface area contributed by atoms with Gasteiger partial charge in [0.25, 0.3) is 10.1 Å². The molecule has 0 aromatic heterocycles. The molecule has 2 aromatic rings. The van der Waals surface area contributed by atoms with E-state index in [1.165, 1.54) is 5.56 Å². The minimum atomic E-state index is -4.30. The van der Waals surface area contributed by atoms with Gasteiger partial charge in [-0.05, 0) is 62.9 Å². The smallest absolute Gasteiger partial charge is 0.748 e. The molecule has 10 nitrogen and oxygen atoms in total. The molecule has 13 heteroatoms. The number of anilines is 1. The van der Waals surface area contributed by atoms with Crippen molar-refractivity contribution in [3.63, 3.8) is 0 Å². The molecule has 0 spiro atoms. The molecule has 49 heavy (non-hydrogen) atoms. The first-order chi connectivity index (χ1) is 22.4. The fraction of sp³-hybridized carbons (Fsp3) is 0.389. The molecule has 0 fully saturated rings. The van der Waals surface area contributed by atoms with Crippen LogP contribution in [0.25, 0.3) is 0 Å². The Balaban J connectivity index is 0.00000650.